The number of nitrogens with one attached hydrogen (secondary N) is 1. The molecule has 1 aromatic heterocycles. The fourth-order valence-corrected chi connectivity index (χ4v) is 5.34. The number of aromatic nitrogens is 2. The van der Waals surface area contributed by atoms with Crippen LogP contribution in [0.15, 0.2) is 30.3 Å². The highest BCUT2D eigenvalue weighted by atomic mass is 16.5. The molecule has 2 heterocycles. The highest BCUT2D eigenvalue weighted by Gasteiger charge is 2.47. The van der Waals surface area contributed by atoms with Crippen molar-refractivity contribution in [2.75, 3.05) is 13.2 Å². The number of carbonyl (C=O) groups is 2. The Hall–Kier alpha value is -2.83. The number of benzene rings is 1. The van der Waals surface area contributed by atoms with E-state index in [1.807, 2.05) is 44.2 Å². The number of para-hydroxylation sites is 1. The zero-order valence-electron chi connectivity index (χ0n) is 21.5. The molecule has 1 aromatic carbocycles. The van der Waals surface area contributed by atoms with Crippen molar-refractivity contribution in [1.82, 2.24) is 20.0 Å². The molecule has 2 amide bonds. The standard InChI is InChI=1S/C28H40N4O3/c1-4-6-18-35-25-17-13-12-16-22(25)23-19-24-26(33)31(5-2)28(3,20-32(24)30-23)27(34)29-21-14-10-8-7-9-11-15-21/h12-13,16-17,19,21H,4-11,14-15,18,20H2,1-3H3,(H,29,34)/t28-/m0/s1. The summed E-state index contributed by atoms with van der Waals surface area (Å²) in [6.45, 7) is 7.38. The minimum absolute atomic E-state index is 0.0794. The lowest BCUT2D eigenvalue weighted by atomic mass is 9.92. The molecule has 1 fully saturated rings. The molecule has 1 atom stereocenters. The molecule has 1 saturated carbocycles. The fourth-order valence-electron chi connectivity index (χ4n) is 5.34. The van der Waals surface area contributed by atoms with Crippen molar-refractivity contribution in [1.29, 1.82) is 0 Å². The van der Waals surface area contributed by atoms with Crippen LogP contribution >= 0.6 is 0 Å². The van der Waals surface area contributed by atoms with Gasteiger partial charge in [0.1, 0.15) is 17.0 Å². The number of ether oxygens (including phenoxy) is 1. The van der Waals surface area contributed by atoms with Gasteiger partial charge in [-0.3, -0.25) is 14.3 Å². The van der Waals surface area contributed by atoms with Crippen molar-refractivity contribution in [3.63, 3.8) is 0 Å². The van der Waals surface area contributed by atoms with E-state index in [1.54, 1.807) is 9.58 Å². The van der Waals surface area contributed by atoms with E-state index >= 15 is 0 Å². The van der Waals surface area contributed by atoms with Crippen LogP contribution in [0.5, 0.6) is 5.75 Å². The second kappa shape index (κ2) is 11.3. The molecule has 7 heteroatoms. The molecule has 1 aliphatic carbocycles. The van der Waals surface area contributed by atoms with Crippen LogP contribution in [0.3, 0.4) is 0 Å². The van der Waals surface area contributed by atoms with Crippen LogP contribution in [0.2, 0.25) is 0 Å². The van der Waals surface area contributed by atoms with E-state index in [0.717, 1.165) is 49.8 Å². The number of nitrogens with zero attached hydrogens (tertiary/aromatic N) is 3. The maximum atomic E-state index is 13.6. The number of amides is 2. The first-order valence-corrected chi connectivity index (χ1v) is 13.4. The van der Waals surface area contributed by atoms with E-state index in [4.69, 9.17) is 9.84 Å². The van der Waals surface area contributed by atoms with Crippen LogP contribution in [-0.4, -0.2) is 51.2 Å². The summed E-state index contributed by atoms with van der Waals surface area (Å²) < 4.78 is 7.72. The number of fused-ring (bicyclic) bond motifs is 1. The molecule has 1 N–H and O–H groups in total. The van der Waals surface area contributed by atoms with E-state index in [-0.39, 0.29) is 17.9 Å². The smallest absolute Gasteiger partial charge is 0.273 e. The Morgan fingerprint density at radius 1 is 1.14 bits per heavy atom. The Bertz CT molecular complexity index is 1020. The van der Waals surface area contributed by atoms with Crippen molar-refractivity contribution in [2.24, 2.45) is 0 Å². The number of likely N-dealkylation sites (N-methyl/N-ethyl adjacent to an activating group) is 1. The predicted octanol–water partition coefficient (Wildman–Crippen LogP) is 5.19. The molecule has 4 rings (SSSR count). The van der Waals surface area contributed by atoms with Crippen LogP contribution in [0.1, 0.15) is 89.0 Å². The van der Waals surface area contributed by atoms with E-state index in [9.17, 15) is 9.59 Å². The maximum absolute atomic E-state index is 13.6. The zero-order chi connectivity index (χ0) is 24.8. The normalized spacial score (nSPS) is 21.2. The Morgan fingerprint density at radius 2 is 1.86 bits per heavy atom. The summed E-state index contributed by atoms with van der Waals surface area (Å²) in [6, 6.07) is 9.82. The molecule has 1 aliphatic heterocycles. The largest absolute Gasteiger partial charge is 0.493 e. The summed E-state index contributed by atoms with van der Waals surface area (Å²) >= 11 is 0. The molecule has 2 aliphatic rings. The lowest BCUT2D eigenvalue weighted by Gasteiger charge is -2.43. The minimum Gasteiger partial charge on any atom is -0.493 e. The van der Waals surface area contributed by atoms with E-state index in [2.05, 4.69) is 12.2 Å². The third-order valence-electron chi connectivity index (χ3n) is 7.46. The third-order valence-corrected chi connectivity index (χ3v) is 7.46. The highest BCUT2D eigenvalue weighted by Crippen LogP contribution is 2.34. The van der Waals surface area contributed by atoms with Gasteiger partial charge in [-0.2, -0.15) is 5.10 Å². The molecule has 2 aromatic rings. The maximum Gasteiger partial charge on any atom is 0.273 e. The molecule has 0 radical (unpaired) electrons. The van der Waals surface area contributed by atoms with Gasteiger partial charge in [0.15, 0.2) is 0 Å². The summed E-state index contributed by atoms with van der Waals surface area (Å²) in [6.07, 6.45) is 10.1. The monoisotopic (exact) mass is 480 g/mol. The van der Waals surface area contributed by atoms with Crippen LogP contribution in [0.4, 0.5) is 0 Å². The summed E-state index contributed by atoms with van der Waals surface area (Å²) in [5.74, 6) is 0.530. The van der Waals surface area contributed by atoms with Gasteiger partial charge < -0.3 is 15.0 Å². The van der Waals surface area contributed by atoms with Crippen molar-refractivity contribution >= 4 is 11.8 Å². The molecule has 0 unspecified atom stereocenters. The predicted molar refractivity (Wildman–Crippen MR) is 137 cm³/mol. The van der Waals surface area contributed by atoms with Crippen LogP contribution in [0.25, 0.3) is 11.3 Å². The topological polar surface area (TPSA) is 76.5 Å². The van der Waals surface area contributed by atoms with Gasteiger partial charge in [0.05, 0.1) is 18.8 Å². The van der Waals surface area contributed by atoms with Crippen molar-refractivity contribution in [3.05, 3.63) is 36.0 Å². The molecule has 7 nitrogen and oxygen atoms in total. The van der Waals surface area contributed by atoms with Crippen molar-refractivity contribution < 1.29 is 14.3 Å². The summed E-state index contributed by atoms with van der Waals surface area (Å²) in [5.41, 5.74) is 1.09. The third kappa shape index (κ3) is 5.39. The molecule has 0 bridgehead atoms. The quantitative estimate of drug-likeness (QED) is 0.528. The van der Waals surface area contributed by atoms with Gasteiger partial charge in [0, 0.05) is 18.2 Å². The first-order valence-electron chi connectivity index (χ1n) is 13.4. The Balaban J connectivity index is 1.59. The van der Waals surface area contributed by atoms with Crippen LogP contribution in [-0.2, 0) is 11.3 Å². The second-order valence-corrected chi connectivity index (χ2v) is 10.1. The number of hydrogen-bond donors (Lipinski definition) is 1. The van der Waals surface area contributed by atoms with Gasteiger partial charge in [-0.25, -0.2) is 0 Å². The van der Waals surface area contributed by atoms with E-state index < -0.39 is 5.54 Å². The summed E-state index contributed by atoms with van der Waals surface area (Å²) in [7, 11) is 0. The number of unbranched alkanes of at least 4 members (excludes halogenated alkanes) is 1. The van der Waals surface area contributed by atoms with Crippen molar-refractivity contribution in [2.45, 2.75) is 96.7 Å². The Labute approximate surface area is 209 Å². The van der Waals surface area contributed by atoms with Crippen molar-refractivity contribution in [3.8, 4) is 17.0 Å². The molecular weight excluding hydrogens is 440 g/mol. The molecule has 0 saturated heterocycles. The van der Waals surface area contributed by atoms with Gasteiger partial charge in [-0.1, -0.05) is 57.6 Å². The average Bonchev–Trinajstić information content (AvgIpc) is 3.25. The van der Waals surface area contributed by atoms with Crippen LogP contribution in [0, 0.1) is 0 Å². The summed E-state index contributed by atoms with van der Waals surface area (Å²) in [5, 5.41) is 8.09. The van der Waals surface area contributed by atoms with Gasteiger partial charge in [0.25, 0.3) is 5.91 Å². The SMILES string of the molecule is CCCCOc1ccccc1-c1cc2n(n1)C[C@@](C)(C(=O)NC1CCCCCCC1)N(CC)C2=O. The van der Waals surface area contributed by atoms with Gasteiger partial charge in [-0.05, 0) is 51.3 Å². The van der Waals surface area contributed by atoms with Gasteiger partial charge >= 0.3 is 0 Å². The number of hydrogen-bond acceptors (Lipinski definition) is 4. The Kier molecular flexibility index (Phi) is 8.14. The number of rotatable bonds is 8. The van der Waals surface area contributed by atoms with Crippen LogP contribution < -0.4 is 10.1 Å². The second-order valence-electron chi connectivity index (χ2n) is 10.1. The first kappa shape index (κ1) is 25.3. The Morgan fingerprint density at radius 3 is 2.57 bits per heavy atom. The lowest BCUT2D eigenvalue weighted by Crippen LogP contribution is -2.65. The first-order chi connectivity index (χ1) is 17.0. The molecular formula is C28H40N4O3. The average molecular weight is 481 g/mol. The summed E-state index contributed by atoms with van der Waals surface area (Å²) in [4.78, 5) is 28.9. The number of carbonyl (C=O) groups excluding carboxylic acids is 2. The zero-order valence-corrected chi connectivity index (χ0v) is 21.5. The fraction of sp³-hybridized carbons (Fsp3) is 0.607. The highest BCUT2D eigenvalue weighted by molar-refractivity contribution is 6.00. The van der Waals surface area contributed by atoms with Gasteiger partial charge in [0.2, 0.25) is 5.91 Å². The lowest BCUT2D eigenvalue weighted by molar-refractivity contribution is -0.133. The minimum atomic E-state index is -0.984. The van der Waals surface area contributed by atoms with Gasteiger partial charge in [-0.15, -0.1) is 0 Å². The molecule has 190 valence electrons. The molecule has 0 spiro atoms. The van der Waals surface area contributed by atoms with E-state index in [1.165, 1.54) is 19.3 Å². The molecule has 35 heavy (non-hydrogen) atoms. The van der Waals surface area contributed by atoms with E-state index in [0.29, 0.717) is 31.1 Å².